The lowest BCUT2D eigenvalue weighted by molar-refractivity contribution is -0.119. The fourth-order valence-electron chi connectivity index (χ4n) is 2.99. The monoisotopic (exact) mass is 417 g/mol. The van der Waals surface area contributed by atoms with Crippen LogP contribution in [0.4, 0.5) is 0 Å². The highest BCUT2D eigenvalue weighted by molar-refractivity contribution is 5.78. The smallest absolute Gasteiger partial charge is 0.132 e. The molecular formula is C22H47N3O4. The standard InChI is InChI=1S/C22H47N3O4/c1-5-22(16-28-13-19(3)24,17-29-14-20(4)25)15-27-12-18(2)8-6-9-21(26)10-7-11-23/h18-20H,5-17,23-25H2,1-4H3. The summed E-state index contributed by atoms with van der Waals surface area (Å²) >= 11 is 0. The van der Waals surface area contributed by atoms with E-state index in [-0.39, 0.29) is 17.5 Å². The number of Topliss-reactive ketones (excluding diaryl/α,β-unsaturated/α-hetero) is 1. The molecule has 0 saturated heterocycles. The Labute approximate surface area is 178 Å². The summed E-state index contributed by atoms with van der Waals surface area (Å²) in [7, 11) is 0. The molecular weight excluding hydrogens is 370 g/mol. The van der Waals surface area contributed by atoms with E-state index in [1.165, 1.54) is 0 Å². The van der Waals surface area contributed by atoms with E-state index in [1.54, 1.807) is 0 Å². The van der Waals surface area contributed by atoms with Gasteiger partial charge in [0.05, 0.1) is 33.0 Å². The molecule has 0 aliphatic rings. The normalized spacial score (nSPS) is 16.9. The molecule has 0 aromatic carbocycles. The molecule has 7 nitrogen and oxygen atoms in total. The van der Waals surface area contributed by atoms with Crippen LogP contribution in [0.25, 0.3) is 0 Å². The Balaban J connectivity index is 4.37. The molecule has 3 atom stereocenters. The summed E-state index contributed by atoms with van der Waals surface area (Å²) in [5, 5.41) is 0. The predicted molar refractivity (Wildman–Crippen MR) is 119 cm³/mol. The predicted octanol–water partition coefficient (Wildman–Crippen LogP) is 2.24. The summed E-state index contributed by atoms with van der Waals surface area (Å²) in [5.41, 5.74) is 16.8. The van der Waals surface area contributed by atoms with Crippen molar-refractivity contribution in [2.24, 2.45) is 28.5 Å². The van der Waals surface area contributed by atoms with E-state index in [0.717, 1.165) is 25.7 Å². The van der Waals surface area contributed by atoms with Crippen molar-refractivity contribution in [3.63, 3.8) is 0 Å². The van der Waals surface area contributed by atoms with Crippen molar-refractivity contribution in [2.75, 3.05) is 46.2 Å². The van der Waals surface area contributed by atoms with Crippen LogP contribution in [0.1, 0.15) is 66.2 Å². The van der Waals surface area contributed by atoms with E-state index in [2.05, 4.69) is 13.8 Å². The quantitative estimate of drug-likeness (QED) is 0.277. The number of ether oxygens (including phenoxy) is 3. The third-order valence-corrected chi connectivity index (χ3v) is 4.95. The second kappa shape index (κ2) is 17.1. The molecule has 6 N–H and O–H groups in total. The first-order valence-electron chi connectivity index (χ1n) is 11.2. The Hall–Kier alpha value is -0.570. The molecule has 3 unspecified atom stereocenters. The van der Waals surface area contributed by atoms with Gasteiger partial charge in [0.1, 0.15) is 5.78 Å². The largest absolute Gasteiger partial charge is 0.380 e. The lowest BCUT2D eigenvalue weighted by Crippen LogP contribution is -2.39. The van der Waals surface area contributed by atoms with Gasteiger partial charge in [-0.15, -0.1) is 0 Å². The maximum absolute atomic E-state index is 11.7. The molecule has 0 aliphatic heterocycles. The number of carbonyl (C=O) groups is 1. The van der Waals surface area contributed by atoms with Gasteiger partial charge in [0.25, 0.3) is 0 Å². The minimum atomic E-state index is -0.207. The summed E-state index contributed by atoms with van der Waals surface area (Å²) in [4.78, 5) is 11.7. The molecule has 0 spiro atoms. The van der Waals surface area contributed by atoms with Crippen molar-refractivity contribution in [2.45, 2.75) is 78.3 Å². The van der Waals surface area contributed by atoms with E-state index in [0.29, 0.717) is 70.7 Å². The van der Waals surface area contributed by atoms with Gasteiger partial charge in [0.15, 0.2) is 0 Å². The highest BCUT2D eigenvalue weighted by Crippen LogP contribution is 2.25. The van der Waals surface area contributed by atoms with Gasteiger partial charge in [0.2, 0.25) is 0 Å². The average Bonchev–Trinajstić information content (AvgIpc) is 2.65. The minimum absolute atomic E-state index is 0.00282. The molecule has 0 aliphatic carbocycles. The van der Waals surface area contributed by atoms with Gasteiger partial charge in [-0.25, -0.2) is 0 Å². The van der Waals surface area contributed by atoms with Crippen LogP contribution in [0.3, 0.4) is 0 Å². The number of carbonyl (C=O) groups excluding carboxylic acids is 1. The molecule has 0 saturated carbocycles. The maximum atomic E-state index is 11.7. The number of hydrogen-bond acceptors (Lipinski definition) is 7. The number of rotatable bonds is 20. The van der Waals surface area contributed by atoms with Crippen molar-refractivity contribution in [3.8, 4) is 0 Å². The van der Waals surface area contributed by atoms with E-state index in [4.69, 9.17) is 31.4 Å². The summed E-state index contributed by atoms with van der Waals surface area (Å²) in [6, 6.07) is 0.00563. The van der Waals surface area contributed by atoms with Gasteiger partial charge in [-0.1, -0.05) is 13.8 Å². The Morgan fingerprint density at radius 2 is 1.34 bits per heavy atom. The van der Waals surface area contributed by atoms with Crippen LogP contribution >= 0.6 is 0 Å². The first-order chi connectivity index (χ1) is 13.7. The first-order valence-corrected chi connectivity index (χ1v) is 11.2. The van der Waals surface area contributed by atoms with Crippen molar-refractivity contribution in [1.29, 1.82) is 0 Å². The topological polar surface area (TPSA) is 123 Å². The molecule has 0 aromatic rings. The summed E-state index contributed by atoms with van der Waals surface area (Å²) in [5.74, 6) is 0.716. The fraction of sp³-hybridized carbons (Fsp3) is 0.955. The molecule has 0 fully saturated rings. The zero-order valence-electron chi connectivity index (χ0n) is 19.3. The van der Waals surface area contributed by atoms with Crippen LogP contribution in [-0.2, 0) is 19.0 Å². The van der Waals surface area contributed by atoms with Crippen LogP contribution in [0, 0.1) is 11.3 Å². The SMILES string of the molecule is CCC(COCC(C)N)(COCC(C)N)COCC(C)CCCC(=O)CCCN. The average molecular weight is 418 g/mol. The van der Waals surface area contributed by atoms with Gasteiger partial charge in [-0.05, 0) is 52.0 Å². The second-order valence-corrected chi connectivity index (χ2v) is 8.78. The van der Waals surface area contributed by atoms with E-state index in [1.807, 2.05) is 13.8 Å². The highest BCUT2D eigenvalue weighted by atomic mass is 16.5. The highest BCUT2D eigenvalue weighted by Gasteiger charge is 2.30. The van der Waals surface area contributed by atoms with Gasteiger partial charge in [0, 0.05) is 36.9 Å². The Morgan fingerprint density at radius 1 is 0.862 bits per heavy atom. The lowest BCUT2D eigenvalue weighted by atomic mass is 9.88. The molecule has 0 bridgehead atoms. The summed E-state index contributed by atoms with van der Waals surface area (Å²) in [6.45, 7) is 12.1. The van der Waals surface area contributed by atoms with E-state index >= 15 is 0 Å². The second-order valence-electron chi connectivity index (χ2n) is 8.78. The summed E-state index contributed by atoms with van der Waals surface area (Å²) < 4.78 is 17.7. The number of hydrogen-bond donors (Lipinski definition) is 3. The van der Waals surface area contributed by atoms with Crippen LogP contribution in [0.15, 0.2) is 0 Å². The molecule has 0 rings (SSSR count). The Bertz CT molecular complexity index is 392. The third kappa shape index (κ3) is 15.9. The maximum Gasteiger partial charge on any atom is 0.132 e. The van der Waals surface area contributed by atoms with E-state index in [9.17, 15) is 4.79 Å². The van der Waals surface area contributed by atoms with Crippen LogP contribution in [-0.4, -0.2) is 64.1 Å². The molecule has 7 heteroatoms. The third-order valence-electron chi connectivity index (χ3n) is 4.95. The van der Waals surface area contributed by atoms with Crippen LogP contribution in [0.5, 0.6) is 0 Å². The number of ketones is 1. The van der Waals surface area contributed by atoms with Gasteiger partial charge in [-0.3, -0.25) is 4.79 Å². The van der Waals surface area contributed by atoms with Crippen molar-refractivity contribution in [3.05, 3.63) is 0 Å². The summed E-state index contributed by atoms with van der Waals surface area (Å²) in [6.07, 6.45) is 4.79. The van der Waals surface area contributed by atoms with Gasteiger partial charge < -0.3 is 31.4 Å². The van der Waals surface area contributed by atoms with Crippen LogP contribution in [0.2, 0.25) is 0 Å². The number of nitrogens with two attached hydrogens (primary N) is 3. The van der Waals surface area contributed by atoms with Crippen LogP contribution < -0.4 is 17.2 Å². The van der Waals surface area contributed by atoms with Gasteiger partial charge in [-0.2, -0.15) is 0 Å². The molecule has 0 amide bonds. The fourth-order valence-corrected chi connectivity index (χ4v) is 2.99. The molecule has 174 valence electrons. The molecule has 0 aromatic heterocycles. The van der Waals surface area contributed by atoms with E-state index < -0.39 is 0 Å². The zero-order valence-corrected chi connectivity index (χ0v) is 19.3. The lowest BCUT2D eigenvalue weighted by Gasteiger charge is -2.33. The Morgan fingerprint density at radius 3 is 1.79 bits per heavy atom. The van der Waals surface area contributed by atoms with Crippen molar-refractivity contribution < 1.29 is 19.0 Å². The van der Waals surface area contributed by atoms with Crippen molar-refractivity contribution in [1.82, 2.24) is 0 Å². The molecule has 0 radical (unpaired) electrons. The molecule has 29 heavy (non-hydrogen) atoms. The van der Waals surface area contributed by atoms with Crippen molar-refractivity contribution >= 4 is 5.78 Å². The minimum Gasteiger partial charge on any atom is -0.380 e. The zero-order chi connectivity index (χ0) is 22.1. The first kappa shape index (κ1) is 28.4. The molecule has 0 heterocycles. The van der Waals surface area contributed by atoms with Gasteiger partial charge >= 0.3 is 0 Å². The Kier molecular flexibility index (Phi) is 16.8.